The molecular weight excluding hydrogens is 190 g/mol. The minimum atomic E-state index is 0.768. The molecule has 15 heavy (non-hydrogen) atoms. The summed E-state index contributed by atoms with van der Waals surface area (Å²) < 4.78 is 0. The van der Waals surface area contributed by atoms with Gasteiger partial charge in [0.2, 0.25) is 0 Å². The van der Waals surface area contributed by atoms with Crippen LogP contribution in [-0.4, -0.2) is 27.2 Å². The quantitative estimate of drug-likeness (QED) is 0.717. The molecule has 5 heteroatoms. The standard InChI is InChI=1S/C10H13N5/c1-2-5-9(6-3-1)11-8-4-7-10-12-14-15-13-10/h1-3,5-6,11H,4,7-8H2,(H,12,13,14,15). The van der Waals surface area contributed by atoms with Crippen molar-refractivity contribution in [2.24, 2.45) is 0 Å². The van der Waals surface area contributed by atoms with Crippen LogP contribution in [0.25, 0.3) is 0 Å². The van der Waals surface area contributed by atoms with Crippen LogP contribution < -0.4 is 5.32 Å². The number of nitrogens with one attached hydrogen (secondary N) is 2. The molecule has 0 bridgehead atoms. The molecule has 1 aromatic carbocycles. The van der Waals surface area contributed by atoms with E-state index in [1.54, 1.807) is 0 Å². The number of nitrogens with zero attached hydrogens (tertiary/aromatic N) is 3. The molecule has 2 rings (SSSR count). The molecule has 0 aliphatic rings. The average Bonchev–Trinajstić information content (AvgIpc) is 2.79. The third kappa shape index (κ3) is 3.05. The van der Waals surface area contributed by atoms with Crippen LogP contribution in [0.1, 0.15) is 12.2 Å². The first kappa shape index (κ1) is 9.64. The molecule has 0 atom stereocenters. The second-order valence-electron chi connectivity index (χ2n) is 3.22. The Hall–Kier alpha value is -1.91. The zero-order valence-electron chi connectivity index (χ0n) is 8.35. The van der Waals surface area contributed by atoms with Crippen molar-refractivity contribution in [1.29, 1.82) is 0 Å². The zero-order chi connectivity index (χ0) is 10.3. The van der Waals surface area contributed by atoms with Crippen LogP contribution in [-0.2, 0) is 6.42 Å². The summed E-state index contributed by atoms with van der Waals surface area (Å²) in [5.74, 6) is 0.768. The first-order chi connectivity index (χ1) is 7.45. The summed E-state index contributed by atoms with van der Waals surface area (Å²) in [5, 5.41) is 17.0. The van der Waals surface area contributed by atoms with E-state index in [1.165, 1.54) is 0 Å². The molecule has 5 nitrogen and oxygen atoms in total. The van der Waals surface area contributed by atoms with E-state index in [0.29, 0.717) is 0 Å². The van der Waals surface area contributed by atoms with Crippen LogP contribution >= 0.6 is 0 Å². The molecule has 1 heterocycles. The van der Waals surface area contributed by atoms with Gasteiger partial charge < -0.3 is 5.32 Å². The number of H-pyrrole nitrogens is 1. The third-order valence-corrected chi connectivity index (χ3v) is 2.07. The van der Waals surface area contributed by atoms with Gasteiger partial charge in [-0.15, -0.1) is 10.2 Å². The molecule has 0 radical (unpaired) electrons. The van der Waals surface area contributed by atoms with Crippen molar-refractivity contribution in [3.05, 3.63) is 36.2 Å². The first-order valence-corrected chi connectivity index (χ1v) is 4.96. The Labute approximate surface area is 87.9 Å². The van der Waals surface area contributed by atoms with Gasteiger partial charge in [-0.2, -0.15) is 5.21 Å². The lowest BCUT2D eigenvalue weighted by Gasteiger charge is -2.03. The van der Waals surface area contributed by atoms with Gasteiger partial charge in [-0.05, 0) is 18.6 Å². The summed E-state index contributed by atoms with van der Waals surface area (Å²) in [6.07, 6.45) is 1.84. The highest BCUT2D eigenvalue weighted by Crippen LogP contribution is 2.04. The van der Waals surface area contributed by atoms with Crippen molar-refractivity contribution in [2.45, 2.75) is 12.8 Å². The minimum absolute atomic E-state index is 0.768. The van der Waals surface area contributed by atoms with E-state index in [2.05, 4.69) is 25.9 Å². The van der Waals surface area contributed by atoms with Gasteiger partial charge in [-0.3, -0.25) is 0 Å². The monoisotopic (exact) mass is 203 g/mol. The fraction of sp³-hybridized carbons (Fsp3) is 0.300. The first-order valence-electron chi connectivity index (χ1n) is 4.96. The lowest BCUT2D eigenvalue weighted by molar-refractivity contribution is 0.804. The van der Waals surface area contributed by atoms with Gasteiger partial charge in [0.25, 0.3) is 0 Å². The molecule has 0 saturated heterocycles. The minimum Gasteiger partial charge on any atom is -0.385 e. The number of tetrazole rings is 1. The molecule has 0 fully saturated rings. The van der Waals surface area contributed by atoms with E-state index >= 15 is 0 Å². The van der Waals surface area contributed by atoms with Crippen LogP contribution in [0, 0.1) is 0 Å². The Morgan fingerprint density at radius 3 is 2.80 bits per heavy atom. The van der Waals surface area contributed by atoms with E-state index in [1.807, 2.05) is 30.3 Å². The Balaban J connectivity index is 1.68. The van der Waals surface area contributed by atoms with E-state index in [9.17, 15) is 0 Å². The van der Waals surface area contributed by atoms with Gasteiger partial charge in [0, 0.05) is 18.7 Å². The lowest BCUT2D eigenvalue weighted by Crippen LogP contribution is -2.03. The molecule has 1 aromatic heterocycles. The van der Waals surface area contributed by atoms with Crippen molar-refractivity contribution >= 4 is 5.69 Å². The second-order valence-corrected chi connectivity index (χ2v) is 3.22. The van der Waals surface area contributed by atoms with E-state index < -0.39 is 0 Å². The van der Waals surface area contributed by atoms with E-state index in [4.69, 9.17) is 0 Å². The SMILES string of the molecule is c1ccc(NCCCc2nn[nH]n2)cc1. The lowest BCUT2D eigenvalue weighted by atomic mass is 10.3. The average molecular weight is 203 g/mol. The number of anilines is 1. The van der Waals surface area contributed by atoms with Crippen LogP contribution in [0.2, 0.25) is 0 Å². The van der Waals surface area contributed by atoms with E-state index in [-0.39, 0.29) is 0 Å². The number of hydrogen-bond acceptors (Lipinski definition) is 4. The Bertz CT molecular complexity index is 370. The maximum absolute atomic E-state index is 3.89. The van der Waals surface area contributed by atoms with Gasteiger partial charge in [0.15, 0.2) is 5.82 Å². The number of rotatable bonds is 5. The molecule has 78 valence electrons. The van der Waals surface area contributed by atoms with Gasteiger partial charge in [0.1, 0.15) is 0 Å². The van der Waals surface area contributed by atoms with Crippen LogP contribution in [0.4, 0.5) is 5.69 Å². The van der Waals surface area contributed by atoms with Gasteiger partial charge >= 0.3 is 0 Å². The molecular formula is C10H13N5. The summed E-state index contributed by atoms with van der Waals surface area (Å²) in [6, 6.07) is 10.1. The van der Waals surface area contributed by atoms with Crippen LogP contribution in [0.3, 0.4) is 0 Å². The predicted molar refractivity (Wildman–Crippen MR) is 57.4 cm³/mol. The van der Waals surface area contributed by atoms with Gasteiger partial charge in [-0.1, -0.05) is 23.4 Å². The molecule has 0 unspecified atom stereocenters. The summed E-state index contributed by atoms with van der Waals surface area (Å²) in [5.41, 5.74) is 1.14. The smallest absolute Gasteiger partial charge is 0.174 e. The molecule has 2 N–H and O–H groups in total. The van der Waals surface area contributed by atoms with Crippen LogP contribution in [0.15, 0.2) is 30.3 Å². The summed E-state index contributed by atoms with van der Waals surface area (Å²) >= 11 is 0. The van der Waals surface area contributed by atoms with Crippen molar-refractivity contribution in [3.63, 3.8) is 0 Å². The molecule has 0 aliphatic carbocycles. The van der Waals surface area contributed by atoms with Gasteiger partial charge in [0.05, 0.1) is 0 Å². The number of para-hydroxylation sites is 1. The fourth-order valence-corrected chi connectivity index (χ4v) is 1.32. The highest BCUT2D eigenvalue weighted by atomic mass is 15.5. The fourth-order valence-electron chi connectivity index (χ4n) is 1.32. The Kier molecular flexibility index (Phi) is 3.27. The molecule has 2 aromatic rings. The second kappa shape index (κ2) is 5.09. The molecule has 0 aliphatic heterocycles. The van der Waals surface area contributed by atoms with Crippen LogP contribution in [0.5, 0.6) is 0 Å². The number of aryl methyl sites for hydroxylation is 1. The maximum Gasteiger partial charge on any atom is 0.174 e. The largest absolute Gasteiger partial charge is 0.385 e. The Morgan fingerprint density at radius 1 is 1.20 bits per heavy atom. The third-order valence-electron chi connectivity index (χ3n) is 2.07. The topological polar surface area (TPSA) is 66.5 Å². The highest BCUT2D eigenvalue weighted by Gasteiger charge is 1.97. The highest BCUT2D eigenvalue weighted by molar-refractivity contribution is 5.42. The maximum atomic E-state index is 3.89. The Morgan fingerprint density at radius 2 is 2.07 bits per heavy atom. The molecule has 0 amide bonds. The summed E-state index contributed by atoms with van der Waals surface area (Å²) in [7, 11) is 0. The summed E-state index contributed by atoms with van der Waals surface area (Å²) in [6.45, 7) is 0.915. The van der Waals surface area contributed by atoms with Crippen molar-refractivity contribution in [1.82, 2.24) is 20.6 Å². The molecule has 0 saturated carbocycles. The van der Waals surface area contributed by atoms with Crippen molar-refractivity contribution in [3.8, 4) is 0 Å². The van der Waals surface area contributed by atoms with E-state index in [0.717, 1.165) is 30.9 Å². The number of aromatic nitrogens is 4. The number of hydrogen-bond donors (Lipinski definition) is 2. The number of aromatic amines is 1. The zero-order valence-corrected chi connectivity index (χ0v) is 8.35. The van der Waals surface area contributed by atoms with Crippen molar-refractivity contribution in [2.75, 3.05) is 11.9 Å². The van der Waals surface area contributed by atoms with Crippen molar-refractivity contribution < 1.29 is 0 Å². The molecule has 0 spiro atoms. The normalized spacial score (nSPS) is 10.1. The predicted octanol–water partition coefficient (Wildman–Crippen LogP) is 1.24. The number of benzene rings is 1. The van der Waals surface area contributed by atoms with Gasteiger partial charge in [-0.25, -0.2) is 0 Å². The summed E-state index contributed by atoms with van der Waals surface area (Å²) in [4.78, 5) is 0.